The van der Waals surface area contributed by atoms with Crippen molar-refractivity contribution in [3.8, 4) is 0 Å². The van der Waals surface area contributed by atoms with E-state index in [2.05, 4.69) is 32.9 Å². The van der Waals surface area contributed by atoms with Crippen molar-refractivity contribution in [1.82, 2.24) is 0 Å². The van der Waals surface area contributed by atoms with Crippen LogP contribution in [-0.4, -0.2) is 5.91 Å². The molecule has 0 radical (unpaired) electrons. The predicted octanol–water partition coefficient (Wildman–Crippen LogP) is 4.36. The molecule has 104 valence electrons. The van der Waals surface area contributed by atoms with Gasteiger partial charge >= 0.3 is 0 Å². The van der Waals surface area contributed by atoms with Crippen molar-refractivity contribution < 1.29 is 4.79 Å². The molecular formula is C16H29NO. The number of hydrogen-bond donors (Lipinski definition) is 1. The van der Waals surface area contributed by atoms with Gasteiger partial charge in [-0.25, -0.2) is 0 Å². The Morgan fingerprint density at radius 2 is 1.67 bits per heavy atom. The molecule has 0 aliphatic carbocycles. The number of carbonyl (C=O) groups is 1. The SMILES string of the molecule is CCC/C(C)=C/CC/C(C)=C/CCC(C)C(N)=O. The van der Waals surface area contributed by atoms with Gasteiger partial charge in [0.25, 0.3) is 0 Å². The Morgan fingerprint density at radius 1 is 1.11 bits per heavy atom. The van der Waals surface area contributed by atoms with Crippen LogP contribution in [-0.2, 0) is 4.79 Å². The van der Waals surface area contributed by atoms with Crippen LogP contribution in [0.15, 0.2) is 23.3 Å². The molecule has 0 heterocycles. The van der Waals surface area contributed by atoms with E-state index in [9.17, 15) is 4.79 Å². The second kappa shape index (κ2) is 9.93. The second-order valence-electron chi connectivity index (χ2n) is 5.27. The van der Waals surface area contributed by atoms with Gasteiger partial charge in [0.2, 0.25) is 5.91 Å². The first-order chi connectivity index (χ1) is 8.47. The van der Waals surface area contributed by atoms with Crippen molar-refractivity contribution in [2.45, 2.75) is 66.2 Å². The number of hydrogen-bond acceptors (Lipinski definition) is 1. The van der Waals surface area contributed by atoms with Crippen LogP contribution < -0.4 is 5.73 Å². The number of carbonyl (C=O) groups excluding carboxylic acids is 1. The first kappa shape index (κ1) is 16.9. The van der Waals surface area contributed by atoms with Crippen molar-refractivity contribution in [1.29, 1.82) is 0 Å². The monoisotopic (exact) mass is 251 g/mol. The summed E-state index contributed by atoms with van der Waals surface area (Å²) >= 11 is 0. The number of amides is 1. The third-order valence-corrected chi connectivity index (χ3v) is 3.25. The fraction of sp³-hybridized carbons (Fsp3) is 0.688. The summed E-state index contributed by atoms with van der Waals surface area (Å²) in [5.74, 6) is -0.208. The van der Waals surface area contributed by atoms with Gasteiger partial charge in [-0.05, 0) is 46.0 Å². The van der Waals surface area contributed by atoms with Crippen molar-refractivity contribution in [3.05, 3.63) is 23.3 Å². The lowest BCUT2D eigenvalue weighted by Gasteiger charge is -2.05. The van der Waals surface area contributed by atoms with Crippen molar-refractivity contribution in [2.75, 3.05) is 0 Å². The molecule has 0 saturated carbocycles. The highest BCUT2D eigenvalue weighted by atomic mass is 16.1. The predicted molar refractivity (Wildman–Crippen MR) is 79.2 cm³/mol. The van der Waals surface area contributed by atoms with Crippen LogP contribution in [0, 0.1) is 5.92 Å². The van der Waals surface area contributed by atoms with Crippen molar-refractivity contribution >= 4 is 5.91 Å². The van der Waals surface area contributed by atoms with Gasteiger partial charge < -0.3 is 5.73 Å². The minimum Gasteiger partial charge on any atom is -0.369 e. The Labute approximate surface area is 112 Å². The molecule has 2 N–H and O–H groups in total. The molecule has 0 aromatic heterocycles. The molecule has 0 aromatic rings. The molecule has 18 heavy (non-hydrogen) atoms. The smallest absolute Gasteiger partial charge is 0.220 e. The Bertz CT molecular complexity index is 302. The second-order valence-corrected chi connectivity index (χ2v) is 5.27. The van der Waals surface area contributed by atoms with Gasteiger partial charge in [0.15, 0.2) is 0 Å². The van der Waals surface area contributed by atoms with Crippen LogP contribution in [0.4, 0.5) is 0 Å². The fourth-order valence-electron chi connectivity index (χ4n) is 1.87. The Morgan fingerprint density at radius 3 is 2.22 bits per heavy atom. The average molecular weight is 251 g/mol. The molecule has 0 aromatic carbocycles. The van der Waals surface area contributed by atoms with E-state index >= 15 is 0 Å². The number of allylic oxidation sites excluding steroid dienone is 4. The van der Waals surface area contributed by atoms with E-state index in [0.29, 0.717) is 0 Å². The summed E-state index contributed by atoms with van der Waals surface area (Å²) in [6.45, 7) is 8.47. The molecule has 2 nitrogen and oxygen atoms in total. The zero-order valence-electron chi connectivity index (χ0n) is 12.5. The molecule has 0 spiro atoms. The summed E-state index contributed by atoms with van der Waals surface area (Å²) in [6, 6.07) is 0. The average Bonchev–Trinajstić information content (AvgIpc) is 2.29. The lowest BCUT2D eigenvalue weighted by molar-refractivity contribution is -0.121. The highest BCUT2D eigenvalue weighted by molar-refractivity contribution is 5.76. The lowest BCUT2D eigenvalue weighted by atomic mass is 10.0. The molecule has 0 aliphatic rings. The maximum absolute atomic E-state index is 10.9. The maximum Gasteiger partial charge on any atom is 0.220 e. The van der Waals surface area contributed by atoms with Crippen LogP contribution in [0.3, 0.4) is 0 Å². The maximum atomic E-state index is 10.9. The highest BCUT2D eigenvalue weighted by Crippen LogP contribution is 2.12. The van der Waals surface area contributed by atoms with Gasteiger partial charge in [-0.15, -0.1) is 0 Å². The molecule has 0 saturated heterocycles. The minimum atomic E-state index is -0.195. The largest absolute Gasteiger partial charge is 0.369 e. The molecule has 0 bridgehead atoms. The summed E-state index contributed by atoms with van der Waals surface area (Å²) in [5.41, 5.74) is 8.13. The third kappa shape index (κ3) is 9.03. The molecule has 0 rings (SSSR count). The molecule has 1 atom stereocenters. The summed E-state index contributed by atoms with van der Waals surface area (Å²) < 4.78 is 0. The fourth-order valence-corrected chi connectivity index (χ4v) is 1.87. The van der Waals surface area contributed by atoms with E-state index in [1.165, 1.54) is 24.0 Å². The van der Waals surface area contributed by atoms with Gasteiger partial charge in [0, 0.05) is 5.92 Å². The summed E-state index contributed by atoms with van der Waals surface area (Å²) in [4.78, 5) is 10.9. The van der Waals surface area contributed by atoms with Crippen LogP contribution in [0.5, 0.6) is 0 Å². The zero-order valence-corrected chi connectivity index (χ0v) is 12.5. The first-order valence-corrected chi connectivity index (χ1v) is 7.08. The zero-order chi connectivity index (χ0) is 14.0. The van der Waals surface area contributed by atoms with Crippen LogP contribution >= 0.6 is 0 Å². The minimum absolute atomic E-state index is 0.0132. The van der Waals surface area contributed by atoms with Gasteiger partial charge in [0.1, 0.15) is 0 Å². The van der Waals surface area contributed by atoms with Gasteiger partial charge in [-0.3, -0.25) is 4.79 Å². The normalized spacial score (nSPS) is 14.7. The van der Waals surface area contributed by atoms with E-state index in [0.717, 1.165) is 25.7 Å². The molecule has 1 unspecified atom stereocenters. The Balaban J connectivity index is 3.85. The number of nitrogens with two attached hydrogens (primary N) is 1. The highest BCUT2D eigenvalue weighted by Gasteiger charge is 2.06. The molecule has 0 fully saturated rings. The standard InChI is InChI=1S/C16H29NO/c1-5-8-13(2)9-6-10-14(3)11-7-12-15(4)16(17)18/h9,11,15H,5-8,10,12H2,1-4H3,(H2,17,18)/b13-9+,14-11+. The number of rotatable bonds is 9. The Kier molecular flexibility index (Phi) is 9.35. The van der Waals surface area contributed by atoms with Crippen molar-refractivity contribution in [3.63, 3.8) is 0 Å². The first-order valence-electron chi connectivity index (χ1n) is 7.08. The molecule has 0 aliphatic heterocycles. The van der Waals surface area contributed by atoms with Gasteiger partial charge in [0.05, 0.1) is 0 Å². The summed E-state index contributed by atoms with van der Waals surface area (Å²) in [6.07, 6.45) is 11.1. The van der Waals surface area contributed by atoms with E-state index in [1.807, 2.05) is 6.92 Å². The van der Waals surface area contributed by atoms with Crippen LogP contribution in [0.25, 0.3) is 0 Å². The van der Waals surface area contributed by atoms with Crippen LogP contribution in [0.1, 0.15) is 66.2 Å². The molecule has 2 heteroatoms. The summed E-state index contributed by atoms with van der Waals surface area (Å²) in [5, 5.41) is 0. The van der Waals surface area contributed by atoms with E-state index in [-0.39, 0.29) is 11.8 Å². The lowest BCUT2D eigenvalue weighted by Crippen LogP contribution is -2.20. The van der Waals surface area contributed by atoms with E-state index in [4.69, 9.17) is 5.73 Å². The quantitative estimate of drug-likeness (QED) is 0.608. The summed E-state index contributed by atoms with van der Waals surface area (Å²) in [7, 11) is 0. The van der Waals surface area contributed by atoms with E-state index in [1.54, 1.807) is 0 Å². The van der Waals surface area contributed by atoms with Gasteiger partial charge in [-0.1, -0.05) is 43.6 Å². The van der Waals surface area contributed by atoms with E-state index < -0.39 is 0 Å². The van der Waals surface area contributed by atoms with Crippen molar-refractivity contribution in [2.24, 2.45) is 11.7 Å². The number of primary amides is 1. The van der Waals surface area contributed by atoms with Gasteiger partial charge in [-0.2, -0.15) is 0 Å². The molecule has 1 amide bonds. The Hall–Kier alpha value is -1.05. The van der Waals surface area contributed by atoms with Crippen LogP contribution in [0.2, 0.25) is 0 Å². The third-order valence-electron chi connectivity index (χ3n) is 3.25. The topological polar surface area (TPSA) is 43.1 Å². The molecular weight excluding hydrogens is 222 g/mol.